The molecule has 2 aromatic rings. The van der Waals surface area contributed by atoms with Crippen molar-refractivity contribution in [3.63, 3.8) is 0 Å². The lowest BCUT2D eigenvalue weighted by Crippen LogP contribution is -2.42. The van der Waals surface area contributed by atoms with E-state index in [-0.39, 0.29) is 11.9 Å². The summed E-state index contributed by atoms with van der Waals surface area (Å²) in [6.45, 7) is 2.74. The Hall–Kier alpha value is -3.13. The summed E-state index contributed by atoms with van der Waals surface area (Å²) >= 11 is 0. The zero-order valence-electron chi connectivity index (χ0n) is 19.3. The Balaban J connectivity index is 2.05. The van der Waals surface area contributed by atoms with Gasteiger partial charge in [0.05, 0.1) is 41.6 Å². The molecule has 0 heterocycles. The molecule has 8 nitrogen and oxygen atoms in total. The predicted octanol–water partition coefficient (Wildman–Crippen LogP) is 2.87. The van der Waals surface area contributed by atoms with Crippen molar-refractivity contribution >= 4 is 5.91 Å². The molecule has 0 fully saturated rings. The Kier molecular flexibility index (Phi) is 8.81. The van der Waals surface area contributed by atoms with E-state index in [4.69, 9.17) is 23.7 Å². The Morgan fingerprint density at radius 1 is 0.871 bits per heavy atom. The molecule has 0 aliphatic carbocycles. The van der Waals surface area contributed by atoms with E-state index < -0.39 is 0 Å². The molecule has 2 rings (SSSR count). The van der Waals surface area contributed by atoms with Gasteiger partial charge in [-0.3, -0.25) is 9.69 Å². The Labute approximate surface area is 184 Å². The van der Waals surface area contributed by atoms with Crippen molar-refractivity contribution in [2.24, 2.45) is 0 Å². The van der Waals surface area contributed by atoms with Crippen LogP contribution in [-0.2, 0) is 17.9 Å². The Morgan fingerprint density at radius 3 is 2.06 bits per heavy atom. The van der Waals surface area contributed by atoms with Gasteiger partial charge in [-0.05, 0) is 37.7 Å². The van der Waals surface area contributed by atoms with Crippen LogP contribution >= 0.6 is 0 Å². The van der Waals surface area contributed by atoms with Crippen molar-refractivity contribution in [1.82, 2.24) is 10.2 Å². The fourth-order valence-electron chi connectivity index (χ4n) is 3.22. The van der Waals surface area contributed by atoms with E-state index in [0.717, 1.165) is 11.1 Å². The van der Waals surface area contributed by atoms with Crippen LogP contribution in [0, 0.1) is 0 Å². The van der Waals surface area contributed by atoms with Crippen LogP contribution in [0.2, 0.25) is 0 Å². The van der Waals surface area contributed by atoms with Crippen molar-refractivity contribution in [2.75, 3.05) is 42.6 Å². The molecule has 31 heavy (non-hydrogen) atoms. The fourth-order valence-corrected chi connectivity index (χ4v) is 3.22. The Morgan fingerprint density at radius 2 is 1.48 bits per heavy atom. The van der Waals surface area contributed by atoms with Crippen LogP contribution in [0.15, 0.2) is 30.3 Å². The third-order valence-corrected chi connectivity index (χ3v) is 5.16. The highest BCUT2D eigenvalue weighted by atomic mass is 16.5. The maximum Gasteiger partial charge on any atom is 0.237 e. The predicted molar refractivity (Wildman–Crippen MR) is 118 cm³/mol. The summed E-state index contributed by atoms with van der Waals surface area (Å²) in [6, 6.07) is 8.93. The second kappa shape index (κ2) is 11.3. The first-order chi connectivity index (χ1) is 14.9. The maximum atomic E-state index is 12.7. The number of ether oxygens (including phenoxy) is 5. The summed E-state index contributed by atoms with van der Waals surface area (Å²) in [6.07, 6.45) is 0. The highest BCUT2D eigenvalue weighted by Gasteiger charge is 2.22. The van der Waals surface area contributed by atoms with Crippen molar-refractivity contribution in [3.05, 3.63) is 41.5 Å². The van der Waals surface area contributed by atoms with Gasteiger partial charge < -0.3 is 29.0 Å². The van der Waals surface area contributed by atoms with Gasteiger partial charge >= 0.3 is 0 Å². The standard InChI is InChI=1S/C23H32N2O6/c1-15(23(26)24-13-16-8-10-18(27-3)20(12-16)29-5)25(2)14-17-9-11-19(28-4)22(31-7)21(17)30-6/h8-12,15H,13-14H2,1-7H3,(H,24,26)/t15-/m1/s1. The van der Waals surface area contributed by atoms with E-state index in [1.54, 1.807) is 35.5 Å². The number of hydrogen-bond donors (Lipinski definition) is 1. The largest absolute Gasteiger partial charge is 0.493 e. The first-order valence-electron chi connectivity index (χ1n) is 9.86. The van der Waals surface area contributed by atoms with Crippen LogP contribution in [0.3, 0.4) is 0 Å². The molecule has 0 unspecified atom stereocenters. The molecule has 8 heteroatoms. The molecule has 0 aliphatic rings. The molecule has 0 saturated heterocycles. The van der Waals surface area contributed by atoms with Crippen LogP contribution in [0.5, 0.6) is 28.7 Å². The van der Waals surface area contributed by atoms with E-state index in [1.165, 1.54) is 0 Å². The molecule has 0 radical (unpaired) electrons. The average Bonchev–Trinajstić information content (AvgIpc) is 2.80. The van der Waals surface area contributed by atoms with Gasteiger partial charge in [0.15, 0.2) is 23.0 Å². The minimum Gasteiger partial charge on any atom is -0.493 e. The molecule has 1 N–H and O–H groups in total. The van der Waals surface area contributed by atoms with Gasteiger partial charge in [-0.2, -0.15) is 0 Å². The number of amides is 1. The molecule has 170 valence electrons. The monoisotopic (exact) mass is 432 g/mol. The van der Waals surface area contributed by atoms with Gasteiger partial charge in [-0.25, -0.2) is 0 Å². The minimum absolute atomic E-state index is 0.0864. The summed E-state index contributed by atoms with van der Waals surface area (Å²) in [5.41, 5.74) is 1.81. The van der Waals surface area contributed by atoms with Crippen LogP contribution < -0.4 is 29.0 Å². The molecule has 0 saturated carbocycles. The average molecular weight is 433 g/mol. The zero-order valence-corrected chi connectivity index (χ0v) is 19.3. The number of nitrogens with zero attached hydrogens (tertiary/aromatic N) is 1. The molecule has 2 aromatic carbocycles. The van der Waals surface area contributed by atoms with E-state index in [0.29, 0.717) is 41.8 Å². The minimum atomic E-state index is -0.363. The smallest absolute Gasteiger partial charge is 0.237 e. The number of likely N-dealkylation sites (N-methyl/N-ethyl adjacent to an activating group) is 1. The van der Waals surface area contributed by atoms with Gasteiger partial charge in [0.2, 0.25) is 11.7 Å². The number of methoxy groups -OCH3 is 5. The zero-order chi connectivity index (χ0) is 23.0. The fraction of sp³-hybridized carbons (Fsp3) is 0.435. The molecular weight excluding hydrogens is 400 g/mol. The van der Waals surface area contributed by atoms with Crippen molar-refractivity contribution < 1.29 is 28.5 Å². The van der Waals surface area contributed by atoms with Crippen LogP contribution in [0.1, 0.15) is 18.1 Å². The third kappa shape index (κ3) is 5.73. The summed E-state index contributed by atoms with van der Waals surface area (Å²) in [4.78, 5) is 14.7. The summed E-state index contributed by atoms with van der Waals surface area (Å²) < 4.78 is 26.9. The lowest BCUT2D eigenvalue weighted by molar-refractivity contribution is -0.125. The van der Waals surface area contributed by atoms with Crippen LogP contribution in [0.4, 0.5) is 0 Å². The van der Waals surface area contributed by atoms with E-state index in [2.05, 4.69) is 5.32 Å². The quantitative estimate of drug-likeness (QED) is 0.585. The summed E-state index contributed by atoms with van der Waals surface area (Å²) in [5, 5.41) is 2.97. The highest BCUT2D eigenvalue weighted by molar-refractivity contribution is 5.81. The van der Waals surface area contributed by atoms with E-state index in [1.807, 2.05) is 49.2 Å². The normalized spacial score (nSPS) is 11.6. The summed E-state index contributed by atoms with van der Waals surface area (Å²) in [7, 11) is 9.78. The number of benzene rings is 2. The van der Waals surface area contributed by atoms with Crippen molar-refractivity contribution in [2.45, 2.75) is 26.1 Å². The number of hydrogen-bond acceptors (Lipinski definition) is 7. The molecule has 1 amide bonds. The molecule has 1 atom stereocenters. The van der Waals surface area contributed by atoms with Gasteiger partial charge in [0.25, 0.3) is 0 Å². The van der Waals surface area contributed by atoms with Crippen molar-refractivity contribution in [3.8, 4) is 28.7 Å². The SMILES string of the molecule is COc1ccc(CNC(=O)[C@@H](C)N(C)Cc2ccc(OC)c(OC)c2OC)cc1OC. The van der Waals surface area contributed by atoms with Crippen LogP contribution in [0.25, 0.3) is 0 Å². The number of carbonyl (C=O) groups excluding carboxylic acids is 1. The molecule has 0 aliphatic heterocycles. The molecule has 0 aromatic heterocycles. The van der Waals surface area contributed by atoms with Crippen molar-refractivity contribution in [1.29, 1.82) is 0 Å². The molecule has 0 bridgehead atoms. The number of rotatable bonds is 11. The first kappa shape index (κ1) is 24.1. The van der Waals surface area contributed by atoms with Gasteiger partial charge in [0.1, 0.15) is 0 Å². The van der Waals surface area contributed by atoms with Crippen LogP contribution in [-0.4, -0.2) is 59.4 Å². The second-order valence-corrected chi connectivity index (χ2v) is 6.99. The lowest BCUT2D eigenvalue weighted by atomic mass is 10.1. The Bertz CT molecular complexity index is 887. The maximum absolute atomic E-state index is 12.7. The van der Waals surface area contributed by atoms with Gasteiger partial charge in [0, 0.05) is 18.7 Å². The third-order valence-electron chi connectivity index (χ3n) is 5.16. The lowest BCUT2D eigenvalue weighted by Gasteiger charge is -2.25. The van der Waals surface area contributed by atoms with Gasteiger partial charge in [-0.1, -0.05) is 12.1 Å². The number of carbonyl (C=O) groups is 1. The summed E-state index contributed by atoms with van der Waals surface area (Å²) in [5.74, 6) is 2.89. The first-order valence-corrected chi connectivity index (χ1v) is 9.86. The topological polar surface area (TPSA) is 78.5 Å². The van der Waals surface area contributed by atoms with E-state index >= 15 is 0 Å². The van der Waals surface area contributed by atoms with E-state index in [9.17, 15) is 4.79 Å². The van der Waals surface area contributed by atoms with Gasteiger partial charge in [-0.15, -0.1) is 0 Å². The second-order valence-electron chi connectivity index (χ2n) is 6.99. The molecular formula is C23H32N2O6. The molecule has 0 spiro atoms. The highest BCUT2D eigenvalue weighted by Crippen LogP contribution is 2.40. The number of nitrogens with one attached hydrogen (secondary N) is 1.